The molecular weight excluding hydrogens is 542 g/mol. The average molecular weight is 574 g/mol. The maximum absolute atomic E-state index is 11.7. The van der Waals surface area contributed by atoms with Gasteiger partial charge in [0.15, 0.2) is 5.65 Å². The number of aliphatic hydroxyl groups is 1. The largest absolute Gasteiger partial charge is 0.439 e. The Bertz CT molecular complexity index is 1720. The van der Waals surface area contributed by atoms with E-state index in [0.29, 0.717) is 34.8 Å². The first-order valence-corrected chi connectivity index (χ1v) is 14.3. The van der Waals surface area contributed by atoms with Gasteiger partial charge in [-0.1, -0.05) is 79.0 Å². The second kappa shape index (κ2) is 11.1. The highest BCUT2D eigenvalue weighted by molar-refractivity contribution is 6.30. The van der Waals surface area contributed by atoms with Crippen LogP contribution in [0.1, 0.15) is 45.1 Å². The third-order valence-electron chi connectivity index (χ3n) is 8.04. The highest BCUT2D eigenvalue weighted by Gasteiger charge is 2.31. The molecular formula is C30H32ClN7O3. The van der Waals surface area contributed by atoms with Crippen LogP contribution >= 0.6 is 11.6 Å². The van der Waals surface area contributed by atoms with Gasteiger partial charge in [0, 0.05) is 17.1 Å². The van der Waals surface area contributed by atoms with E-state index in [1.807, 2.05) is 55.5 Å². The van der Waals surface area contributed by atoms with Gasteiger partial charge in [0.05, 0.1) is 12.1 Å². The quantitative estimate of drug-likeness (QED) is 0.217. The van der Waals surface area contributed by atoms with Gasteiger partial charge in [-0.15, -0.1) is 0 Å². The summed E-state index contributed by atoms with van der Waals surface area (Å²) in [5.74, 6) is 1.32. The number of aromatic nitrogens is 6. The molecule has 0 bridgehead atoms. The van der Waals surface area contributed by atoms with E-state index < -0.39 is 11.3 Å². The van der Waals surface area contributed by atoms with Crippen LogP contribution in [0.4, 0.5) is 5.95 Å². The highest BCUT2D eigenvalue weighted by Crippen LogP contribution is 2.37. The lowest BCUT2D eigenvalue weighted by Crippen LogP contribution is -2.37. The Morgan fingerprint density at radius 1 is 1.10 bits per heavy atom. The predicted molar refractivity (Wildman–Crippen MR) is 158 cm³/mol. The van der Waals surface area contributed by atoms with Gasteiger partial charge in [-0.3, -0.25) is 9.51 Å². The number of nitrogens with one attached hydrogen (secondary N) is 2. The fraction of sp³-hybridized carbons (Fsp3) is 0.367. The van der Waals surface area contributed by atoms with E-state index in [4.69, 9.17) is 31.1 Å². The van der Waals surface area contributed by atoms with Crippen molar-refractivity contribution in [3.63, 3.8) is 0 Å². The number of anilines is 1. The van der Waals surface area contributed by atoms with E-state index in [0.717, 1.165) is 35.4 Å². The van der Waals surface area contributed by atoms with E-state index in [9.17, 15) is 9.90 Å². The van der Waals surface area contributed by atoms with Crippen LogP contribution in [0.25, 0.3) is 34.1 Å². The van der Waals surface area contributed by atoms with Crippen LogP contribution < -0.4 is 11.1 Å². The average Bonchev–Trinajstić information content (AvgIpc) is 3.57. The van der Waals surface area contributed by atoms with Crippen molar-refractivity contribution in [3.8, 4) is 22.9 Å². The zero-order valence-corrected chi connectivity index (χ0v) is 23.7. The van der Waals surface area contributed by atoms with Crippen molar-refractivity contribution in [2.24, 2.45) is 11.8 Å². The van der Waals surface area contributed by atoms with Gasteiger partial charge >= 0.3 is 5.76 Å². The molecule has 5 aromatic rings. The lowest BCUT2D eigenvalue weighted by molar-refractivity contribution is 0.222. The van der Waals surface area contributed by atoms with Crippen LogP contribution in [-0.2, 0) is 12.1 Å². The summed E-state index contributed by atoms with van der Waals surface area (Å²) in [5, 5.41) is 18.5. The maximum Gasteiger partial charge on any atom is 0.439 e. The number of aromatic amines is 1. The van der Waals surface area contributed by atoms with E-state index in [-0.39, 0.29) is 18.3 Å². The molecule has 1 atom stereocenters. The molecule has 0 aliphatic heterocycles. The molecule has 6 rings (SSSR count). The van der Waals surface area contributed by atoms with Crippen molar-refractivity contribution in [2.75, 3.05) is 11.9 Å². The zero-order valence-electron chi connectivity index (χ0n) is 23.0. The van der Waals surface area contributed by atoms with Gasteiger partial charge in [0.1, 0.15) is 11.2 Å². The van der Waals surface area contributed by atoms with Crippen LogP contribution in [0.3, 0.4) is 0 Å². The number of fused-ring (bicyclic) bond motifs is 1. The zero-order chi connectivity index (χ0) is 28.6. The summed E-state index contributed by atoms with van der Waals surface area (Å²) in [5.41, 5.74) is 2.65. The minimum atomic E-state index is -0.814. The van der Waals surface area contributed by atoms with Crippen LogP contribution in [0.5, 0.6) is 0 Å². The summed E-state index contributed by atoms with van der Waals surface area (Å²) in [7, 11) is 0. The first-order valence-electron chi connectivity index (χ1n) is 13.9. The monoisotopic (exact) mass is 573 g/mol. The van der Waals surface area contributed by atoms with Crippen molar-refractivity contribution in [3.05, 3.63) is 75.7 Å². The van der Waals surface area contributed by atoms with Gasteiger partial charge in [0.25, 0.3) is 0 Å². The van der Waals surface area contributed by atoms with E-state index >= 15 is 0 Å². The van der Waals surface area contributed by atoms with Crippen molar-refractivity contribution >= 4 is 28.7 Å². The molecule has 212 valence electrons. The number of H-pyrrole nitrogens is 1. The van der Waals surface area contributed by atoms with Crippen LogP contribution in [0.15, 0.2) is 63.9 Å². The molecule has 1 fully saturated rings. The summed E-state index contributed by atoms with van der Waals surface area (Å²) < 4.78 is 6.87. The highest BCUT2D eigenvalue weighted by atomic mass is 35.5. The maximum atomic E-state index is 11.7. The molecule has 1 saturated carbocycles. The minimum absolute atomic E-state index is 0.106. The number of hydrogen-bond acceptors (Lipinski definition) is 8. The summed E-state index contributed by atoms with van der Waals surface area (Å²) >= 11 is 6.41. The van der Waals surface area contributed by atoms with Crippen molar-refractivity contribution in [2.45, 2.75) is 51.6 Å². The van der Waals surface area contributed by atoms with E-state index in [1.165, 1.54) is 12.8 Å². The fourth-order valence-electron chi connectivity index (χ4n) is 5.60. The lowest BCUT2D eigenvalue weighted by atomic mass is 9.83. The molecule has 2 aromatic carbocycles. The molecule has 11 heteroatoms. The molecule has 0 saturated heterocycles. The van der Waals surface area contributed by atoms with Crippen LogP contribution in [0.2, 0.25) is 5.02 Å². The molecule has 41 heavy (non-hydrogen) atoms. The number of rotatable bonds is 8. The normalized spacial score (nSPS) is 18.8. The Morgan fingerprint density at radius 2 is 1.88 bits per heavy atom. The minimum Gasteiger partial charge on any atom is -0.394 e. The van der Waals surface area contributed by atoms with Gasteiger partial charge in [-0.25, -0.2) is 14.8 Å². The standard InChI is InChI=1S/C30H32ClN7O3/c1-18-11-13-19(14-12-18)16-38-24-23(20-7-6-10-22(31)15-20)32-26(27-35-29(40)41-37-27)33-25(24)34-28(38)36-30(2,17-39)21-8-4-3-5-9-21/h3-10,15,18-19,39H,11-14,16-17H2,1-2H3,(H,35,37,40)(H,32,33,34,36)/t18-,19-,30?. The van der Waals surface area contributed by atoms with Crippen LogP contribution in [0, 0.1) is 11.8 Å². The van der Waals surface area contributed by atoms with Crippen molar-refractivity contribution < 1.29 is 9.63 Å². The first kappa shape index (κ1) is 27.2. The Kier molecular flexibility index (Phi) is 7.35. The molecule has 1 aliphatic rings. The van der Waals surface area contributed by atoms with E-state index in [1.54, 1.807) is 6.07 Å². The summed E-state index contributed by atoms with van der Waals surface area (Å²) in [6, 6.07) is 17.2. The number of imidazole rings is 1. The van der Waals surface area contributed by atoms with Gasteiger partial charge in [-0.05, 0) is 49.3 Å². The van der Waals surface area contributed by atoms with Crippen LogP contribution in [-0.4, -0.2) is 41.4 Å². The Labute approximate surface area is 241 Å². The summed E-state index contributed by atoms with van der Waals surface area (Å²) in [6.45, 7) is 4.81. The van der Waals surface area contributed by atoms with Gasteiger partial charge in [-0.2, -0.15) is 4.98 Å². The molecule has 0 radical (unpaired) electrons. The number of benzene rings is 2. The molecule has 3 heterocycles. The van der Waals surface area contributed by atoms with Gasteiger partial charge in [0.2, 0.25) is 17.6 Å². The predicted octanol–water partition coefficient (Wildman–Crippen LogP) is 5.64. The molecule has 3 aromatic heterocycles. The number of aliphatic hydroxyl groups excluding tert-OH is 1. The molecule has 0 spiro atoms. The number of halogens is 1. The number of hydrogen-bond donors (Lipinski definition) is 3. The molecule has 1 aliphatic carbocycles. The SMILES string of the molecule is CC(CO)(Nc1nc2nc(-c3noc(=O)[nH]3)nc(-c3cccc(Cl)c3)c2n1C[C@H]1CC[C@H](C)CC1)c1ccccc1. The molecule has 3 N–H and O–H groups in total. The smallest absolute Gasteiger partial charge is 0.394 e. The molecule has 0 amide bonds. The Morgan fingerprint density at radius 3 is 2.56 bits per heavy atom. The summed E-state index contributed by atoms with van der Waals surface area (Å²) in [4.78, 5) is 28.8. The lowest BCUT2D eigenvalue weighted by Gasteiger charge is -2.31. The van der Waals surface area contributed by atoms with Crippen molar-refractivity contribution in [1.82, 2.24) is 29.7 Å². The summed E-state index contributed by atoms with van der Waals surface area (Å²) in [6.07, 6.45) is 4.59. The third-order valence-corrected chi connectivity index (χ3v) is 8.28. The second-order valence-electron chi connectivity index (χ2n) is 11.2. The van der Waals surface area contributed by atoms with Crippen molar-refractivity contribution in [1.29, 1.82) is 0 Å². The Balaban J connectivity index is 1.57. The third kappa shape index (κ3) is 5.49. The molecule has 10 nitrogen and oxygen atoms in total. The Hall–Kier alpha value is -4.02. The van der Waals surface area contributed by atoms with E-state index in [2.05, 4.69) is 26.9 Å². The fourth-order valence-corrected chi connectivity index (χ4v) is 5.79. The topological polar surface area (TPSA) is 135 Å². The molecule has 1 unspecified atom stereocenters. The first-order chi connectivity index (χ1) is 19.8. The number of nitrogens with zero attached hydrogens (tertiary/aromatic N) is 5. The van der Waals surface area contributed by atoms with Gasteiger partial charge < -0.3 is 15.0 Å². The second-order valence-corrected chi connectivity index (χ2v) is 11.6.